The van der Waals surface area contributed by atoms with Crippen molar-refractivity contribution < 1.29 is 13.2 Å². The van der Waals surface area contributed by atoms with Gasteiger partial charge in [-0.25, -0.2) is 8.42 Å². The highest BCUT2D eigenvalue weighted by molar-refractivity contribution is 7.90. The van der Waals surface area contributed by atoms with Gasteiger partial charge in [-0.2, -0.15) is 0 Å². The largest absolute Gasteiger partial charge is 0.361 e. The van der Waals surface area contributed by atoms with Crippen LogP contribution in [0.1, 0.15) is 19.4 Å². The van der Waals surface area contributed by atoms with Gasteiger partial charge in [0.2, 0.25) is 10.0 Å². The minimum atomic E-state index is -3.95. The van der Waals surface area contributed by atoms with Gasteiger partial charge < -0.3 is 5.32 Å². The molecule has 0 aromatic heterocycles. The van der Waals surface area contributed by atoms with E-state index >= 15 is 0 Å². The van der Waals surface area contributed by atoms with Gasteiger partial charge >= 0.3 is 0 Å². The van der Waals surface area contributed by atoms with Crippen molar-refractivity contribution in [3.8, 4) is 0 Å². The summed E-state index contributed by atoms with van der Waals surface area (Å²) in [7, 11) is -0.865. The quantitative estimate of drug-likeness (QED) is 0.483. The van der Waals surface area contributed by atoms with Gasteiger partial charge in [-0.05, 0) is 26.1 Å². The third kappa shape index (κ3) is 7.01. The molecule has 0 saturated heterocycles. The zero-order chi connectivity index (χ0) is 20.6. The Morgan fingerprint density at radius 3 is 2.22 bits per heavy atom. The second kappa shape index (κ2) is 10.5. The number of sulfonamides is 1. The second-order valence-corrected chi connectivity index (χ2v) is 8.02. The first kappa shape index (κ1) is 23.2. The van der Waals surface area contributed by atoms with Gasteiger partial charge in [0.15, 0.2) is 5.11 Å². The Labute approximate surface area is 171 Å². The van der Waals surface area contributed by atoms with Crippen molar-refractivity contribution in [3.05, 3.63) is 35.9 Å². The highest BCUT2D eigenvalue weighted by Crippen LogP contribution is 2.05. The first-order valence-corrected chi connectivity index (χ1v) is 10.7. The van der Waals surface area contributed by atoms with Crippen molar-refractivity contribution in [2.75, 3.05) is 32.9 Å². The van der Waals surface area contributed by atoms with Gasteiger partial charge in [0, 0.05) is 32.7 Å². The summed E-state index contributed by atoms with van der Waals surface area (Å²) >= 11 is 10.4. The molecule has 11 heteroatoms. The van der Waals surface area contributed by atoms with E-state index in [-0.39, 0.29) is 6.54 Å². The van der Waals surface area contributed by atoms with Crippen molar-refractivity contribution in [1.82, 2.24) is 25.2 Å². The lowest BCUT2D eigenvalue weighted by molar-refractivity contribution is -0.137. The fraction of sp³-hybridized carbons (Fsp3) is 0.438. The SMILES string of the molecule is CCNC(=S)N(C)N(CC)C(=O)CS(=O)(=O)NN(C)C(=S)c1ccccc1. The molecule has 0 atom stereocenters. The number of amides is 1. The molecule has 0 aliphatic carbocycles. The summed E-state index contributed by atoms with van der Waals surface area (Å²) in [6, 6.07) is 8.98. The molecule has 2 N–H and O–H groups in total. The van der Waals surface area contributed by atoms with Crippen molar-refractivity contribution >= 4 is 50.5 Å². The normalized spacial score (nSPS) is 10.8. The van der Waals surface area contributed by atoms with E-state index in [1.807, 2.05) is 13.0 Å². The summed E-state index contributed by atoms with van der Waals surface area (Å²) in [5, 5.41) is 7.14. The van der Waals surface area contributed by atoms with Gasteiger partial charge in [0.05, 0.1) is 0 Å². The number of nitrogens with one attached hydrogen (secondary N) is 2. The van der Waals surface area contributed by atoms with Crippen LogP contribution in [0.2, 0.25) is 0 Å². The Balaban J connectivity index is 2.78. The van der Waals surface area contributed by atoms with Crippen LogP contribution in [0.4, 0.5) is 0 Å². The van der Waals surface area contributed by atoms with Crippen LogP contribution in [0, 0.1) is 0 Å². The lowest BCUT2D eigenvalue weighted by Crippen LogP contribution is -2.54. The maximum absolute atomic E-state index is 12.5. The summed E-state index contributed by atoms with van der Waals surface area (Å²) < 4.78 is 24.8. The van der Waals surface area contributed by atoms with Crippen LogP contribution in [0.5, 0.6) is 0 Å². The van der Waals surface area contributed by atoms with E-state index in [9.17, 15) is 13.2 Å². The fourth-order valence-corrected chi connectivity index (χ4v) is 3.75. The Morgan fingerprint density at radius 1 is 1.11 bits per heavy atom. The van der Waals surface area contributed by atoms with Gasteiger partial charge in [-0.3, -0.25) is 19.8 Å². The highest BCUT2D eigenvalue weighted by Gasteiger charge is 2.26. The topological polar surface area (TPSA) is 85.0 Å². The first-order chi connectivity index (χ1) is 12.6. The minimum Gasteiger partial charge on any atom is -0.361 e. The third-order valence-corrected chi connectivity index (χ3v) is 5.58. The first-order valence-electron chi connectivity index (χ1n) is 8.28. The number of carbonyl (C=O) groups is 1. The molecule has 150 valence electrons. The van der Waals surface area contributed by atoms with E-state index in [4.69, 9.17) is 24.4 Å². The van der Waals surface area contributed by atoms with Crippen LogP contribution < -0.4 is 10.1 Å². The lowest BCUT2D eigenvalue weighted by Gasteiger charge is -2.33. The highest BCUT2D eigenvalue weighted by atomic mass is 32.2. The molecule has 0 bridgehead atoms. The molecule has 0 aliphatic rings. The van der Waals surface area contributed by atoms with Gasteiger partial charge in [-0.1, -0.05) is 42.5 Å². The van der Waals surface area contributed by atoms with E-state index in [1.165, 1.54) is 22.1 Å². The summed E-state index contributed by atoms with van der Waals surface area (Å²) in [5.74, 6) is -1.34. The monoisotopic (exact) mass is 431 g/mol. The van der Waals surface area contributed by atoms with Crippen LogP contribution in [-0.2, 0) is 14.8 Å². The fourth-order valence-electron chi connectivity index (χ4n) is 2.22. The zero-order valence-corrected chi connectivity index (χ0v) is 18.2. The molecule has 0 spiro atoms. The number of thiocarbonyl (C=S) groups is 2. The summed E-state index contributed by atoms with van der Waals surface area (Å²) in [5.41, 5.74) is 0.690. The molecule has 1 aromatic carbocycles. The Kier molecular flexibility index (Phi) is 9.03. The maximum Gasteiger partial charge on any atom is 0.257 e. The number of nitrogens with zero attached hydrogens (tertiary/aromatic N) is 3. The van der Waals surface area contributed by atoms with Crippen LogP contribution >= 0.6 is 24.4 Å². The van der Waals surface area contributed by atoms with Crippen molar-refractivity contribution in [2.45, 2.75) is 13.8 Å². The molecule has 0 fully saturated rings. The number of hydrogen-bond acceptors (Lipinski definition) is 5. The van der Waals surface area contributed by atoms with Crippen LogP contribution in [-0.4, -0.2) is 72.4 Å². The number of rotatable bonds is 7. The molecule has 0 saturated carbocycles. The van der Waals surface area contributed by atoms with Crippen LogP contribution in [0.15, 0.2) is 30.3 Å². The number of carbonyl (C=O) groups excluding carboxylic acids is 1. The van der Waals surface area contributed by atoms with Gasteiger partial charge in [-0.15, -0.1) is 4.83 Å². The molecule has 8 nitrogen and oxygen atoms in total. The van der Waals surface area contributed by atoms with E-state index < -0.39 is 21.7 Å². The molecule has 27 heavy (non-hydrogen) atoms. The molecule has 0 aliphatic heterocycles. The standard InChI is InChI=1S/C16H25N5O3S3/c1-5-17-16(26)20(4)21(6-2)14(22)12-27(23,24)18-19(3)15(25)13-10-8-7-9-11-13/h7-11,18H,5-6,12H2,1-4H3,(H,17,26). The van der Waals surface area contributed by atoms with Crippen LogP contribution in [0.25, 0.3) is 0 Å². The molecule has 1 rings (SSSR count). The molecular weight excluding hydrogens is 406 g/mol. The number of hydrogen-bond donors (Lipinski definition) is 2. The van der Waals surface area contributed by atoms with E-state index in [2.05, 4.69) is 10.1 Å². The molecule has 1 amide bonds. The van der Waals surface area contributed by atoms with Gasteiger partial charge in [0.25, 0.3) is 5.91 Å². The molecule has 0 heterocycles. The van der Waals surface area contributed by atoms with E-state index in [1.54, 1.807) is 38.2 Å². The summed E-state index contributed by atoms with van der Waals surface area (Å²) in [6.45, 7) is 4.48. The zero-order valence-electron chi connectivity index (χ0n) is 15.8. The Bertz CT molecular complexity index is 771. The second-order valence-electron chi connectivity index (χ2n) is 5.55. The molecule has 0 radical (unpaired) electrons. The smallest absolute Gasteiger partial charge is 0.257 e. The average molecular weight is 432 g/mol. The average Bonchev–Trinajstić information content (AvgIpc) is 2.61. The van der Waals surface area contributed by atoms with Crippen molar-refractivity contribution in [3.63, 3.8) is 0 Å². The van der Waals surface area contributed by atoms with Crippen molar-refractivity contribution in [1.29, 1.82) is 0 Å². The van der Waals surface area contributed by atoms with Gasteiger partial charge in [0.1, 0.15) is 10.7 Å². The lowest BCUT2D eigenvalue weighted by atomic mass is 10.2. The number of benzene rings is 1. The summed E-state index contributed by atoms with van der Waals surface area (Å²) in [4.78, 5) is 15.1. The maximum atomic E-state index is 12.5. The minimum absolute atomic E-state index is 0.272. The Hall–Kier alpha value is -1.82. The van der Waals surface area contributed by atoms with E-state index in [0.29, 0.717) is 22.2 Å². The van der Waals surface area contributed by atoms with Crippen molar-refractivity contribution in [2.24, 2.45) is 0 Å². The predicted octanol–water partition coefficient (Wildman–Crippen LogP) is 0.718. The van der Waals surface area contributed by atoms with E-state index in [0.717, 1.165) is 0 Å². The number of hydrazine groups is 2. The molecule has 0 unspecified atom stereocenters. The Morgan fingerprint density at radius 2 is 1.70 bits per heavy atom. The van der Waals surface area contributed by atoms with Crippen LogP contribution in [0.3, 0.4) is 0 Å². The molecule has 1 aromatic rings. The summed E-state index contributed by atoms with van der Waals surface area (Å²) in [6.07, 6.45) is 0. The molecular formula is C16H25N5O3S3. The predicted molar refractivity (Wildman–Crippen MR) is 114 cm³/mol. The third-order valence-electron chi connectivity index (χ3n) is 3.49.